The molecule has 104 valence electrons. The molecule has 20 heavy (non-hydrogen) atoms. The molecule has 2 aromatic rings. The van der Waals surface area contributed by atoms with Crippen molar-refractivity contribution in [1.82, 2.24) is 19.7 Å². The Bertz CT molecular complexity index is 593. The first-order valence-corrected chi connectivity index (χ1v) is 6.59. The van der Waals surface area contributed by atoms with Crippen LogP contribution in [0.3, 0.4) is 0 Å². The first-order chi connectivity index (χ1) is 9.74. The van der Waals surface area contributed by atoms with Gasteiger partial charge in [-0.1, -0.05) is 0 Å². The van der Waals surface area contributed by atoms with Crippen molar-refractivity contribution in [3.8, 4) is 5.82 Å². The average molecular weight is 272 g/mol. The number of rotatable bonds is 5. The monoisotopic (exact) mass is 272 g/mol. The van der Waals surface area contributed by atoms with E-state index in [2.05, 4.69) is 20.4 Å². The molecule has 2 heterocycles. The Balaban J connectivity index is 1.72. The Morgan fingerprint density at radius 3 is 3.10 bits per heavy atom. The number of hydrogen-bond donors (Lipinski definition) is 2. The lowest BCUT2D eigenvalue weighted by Crippen LogP contribution is -2.29. The van der Waals surface area contributed by atoms with Crippen LogP contribution in [0.1, 0.15) is 19.3 Å². The Kier molecular flexibility index (Phi) is 3.42. The SMILES string of the molecule is NC(CC(=O)Nc1cccnc1-n1cncn1)C1CC1. The number of hydrogen-bond acceptors (Lipinski definition) is 5. The lowest BCUT2D eigenvalue weighted by atomic mass is 10.1. The van der Waals surface area contributed by atoms with Gasteiger partial charge in [-0.2, -0.15) is 5.10 Å². The summed E-state index contributed by atoms with van der Waals surface area (Å²) in [6.45, 7) is 0. The molecule has 3 N–H and O–H groups in total. The largest absolute Gasteiger partial charge is 0.327 e. The summed E-state index contributed by atoms with van der Waals surface area (Å²) in [6, 6.07) is 3.49. The maximum absolute atomic E-state index is 12.0. The molecule has 1 aliphatic carbocycles. The predicted octanol–water partition coefficient (Wildman–Crippen LogP) is 0.728. The fourth-order valence-electron chi connectivity index (χ4n) is 2.10. The van der Waals surface area contributed by atoms with Crippen LogP contribution >= 0.6 is 0 Å². The number of anilines is 1. The Morgan fingerprint density at radius 1 is 1.55 bits per heavy atom. The number of nitrogens with zero attached hydrogens (tertiary/aromatic N) is 4. The van der Waals surface area contributed by atoms with E-state index in [-0.39, 0.29) is 11.9 Å². The summed E-state index contributed by atoms with van der Waals surface area (Å²) in [5.41, 5.74) is 6.56. The van der Waals surface area contributed by atoms with E-state index in [9.17, 15) is 4.79 Å². The van der Waals surface area contributed by atoms with Gasteiger partial charge in [-0.15, -0.1) is 0 Å². The van der Waals surface area contributed by atoms with Gasteiger partial charge in [0.1, 0.15) is 12.7 Å². The van der Waals surface area contributed by atoms with Gasteiger partial charge in [0.15, 0.2) is 5.82 Å². The molecular weight excluding hydrogens is 256 g/mol. The maximum Gasteiger partial charge on any atom is 0.226 e. The Labute approximate surface area is 116 Å². The minimum atomic E-state index is -0.0984. The van der Waals surface area contributed by atoms with Gasteiger partial charge in [0.25, 0.3) is 0 Å². The lowest BCUT2D eigenvalue weighted by Gasteiger charge is -2.12. The van der Waals surface area contributed by atoms with Crippen LogP contribution in [0.5, 0.6) is 0 Å². The molecule has 0 radical (unpaired) electrons. The van der Waals surface area contributed by atoms with Crippen molar-refractivity contribution in [2.75, 3.05) is 5.32 Å². The molecule has 0 aromatic carbocycles. The quantitative estimate of drug-likeness (QED) is 0.836. The molecule has 1 saturated carbocycles. The molecule has 2 aromatic heterocycles. The summed E-state index contributed by atoms with van der Waals surface area (Å²) in [7, 11) is 0. The molecular formula is C13H16N6O. The molecule has 1 unspecified atom stereocenters. The van der Waals surface area contributed by atoms with Crippen LogP contribution in [0.4, 0.5) is 5.69 Å². The molecule has 1 amide bonds. The third kappa shape index (κ3) is 2.83. The van der Waals surface area contributed by atoms with E-state index in [1.165, 1.54) is 17.3 Å². The van der Waals surface area contributed by atoms with Crippen LogP contribution in [0.2, 0.25) is 0 Å². The zero-order valence-corrected chi connectivity index (χ0v) is 10.9. The van der Waals surface area contributed by atoms with Crippen molar-refractivity contribution in [2.45, 2.75) is 25.3 Å². The van der Waals surface area contributed by atoms with E-state index in [1.807, 2.05) is 0 Å². The van der Waals surface area contributed by atoms with Gasteiger partial charge >= 0.3 is 0 Å². The number of amides is 1. The predicted molar refractivity (Wildman–Crippen MR) is 73.1 cm³/mol. The second-order valence-corrected chi connectivity index (χ2v) is 4.97. The van der Waals surface area contributed by atoms with Crippen LogP contribution in [0, 0.1) is 5.92 Å². The fourth-order valence-corrected chi connectivity index (χ4v) is 2.10. The molecule has 0 aliphatic heterocycles. The molecule has 1 fully saturated rings. The molecule has 0 spiro atoms. The number of nitrogens with two attached hydrogens (primary N) is 1. The number of carbonyl (C=O) groups is 1. The van der Waals surface area contributed by atoms with Crippen molar-refractivity contribution in [3.05, 3.63) is 31.0 Å². The molecule has 1 atom stereocenters. The second kappa shape index (κ2) is 5.38. The minimum Gasteiger partial charge on any atom is -0.327 e. The van der Waals surface area contributed by atoms with Gasteiger partial charge in [0, 0.05) is 18.7 Å². The molecule has 0 bridgehead atoms. The number of carbonyl (C=O) groups excluding carboxylic acids is 1. The Morgan fingerprint density at radius 2 is 2.40 bits per heavy atom. The van der Waals surface area contributed by atoms with E-state index < -0.39 is 0 Å². The zero-order valence-electron chi connectivity index (χ0n) is 10.9. The summed E-state index contributed by atoms with van der Waals surface area (Å²) < 4.78 is 1.51. The van der Waals surface area contributed by atoms with E-state index in [0.717, 1.165) is 12.8 Å². The number of pyridine rings is 1. The van der Waals surface area contributed by atoms with Gasteiger partial charge in [0.05, 0.1) is 5.69 Å². The standard InChI is InChI=1S/C13H16N6O/c14-10(9-3-4-9)6-12(20)18-11-2-1-5-16-13(11)19-8-15-7-17-19/h1-2,5,7-10H,3-4,6,14H2,(H,18,20). The van der Waals surface area contributed by atoms with Crippen molar-refractivity contribution in [3.63, 3.8) is 0 Å². The van der Waals surface area contributed by atoms with E-state index in [1.54, 1.807) is 18.3 Å². The van der Waals surface area contributed by atoms with Gasteiger partial charge in [-0.3, -0.25) is 4.79 Å². The highest BCUT2D eigenvalue weighted by atomic mass is 16.1. The number of aromatic nitrogens is 4. The Hall–Kier alpha value is -2.28. The zero-order chi connectivity index (χ0) is 13.9. The summed E-state index contributed by atoms with van der Waals surface area (Å²) in [5.74, 6) is 0.946. The summed E-state index contributed by atoms with van der Waals surface area (Å²) in [4.78, 5) is 20.1. The first-order valence-electron chi connectivity index (χ1n) is 6.59. The van der Waals surface area contributed by atoms with Crippen molar-refractivity contribution in [1.29, 1.82) is 0 Å². The van der Waals surface area contributed by atoms with Crippen molar-refractivity contribution in [2.24, 2.45) is 11.7 Å². The van der Waals surface area contributed by atoms with Crippen LogP contribution in [-0.2, 0) is 4.79 Å². The van der Waals surface area contributed by atoms with Crippen LogP contribution in [0.25, 0.3) is 5.82 Å². The summed E-state index contributed by atoms with van der Waals surface area (Å²) >= 11 is 0. The van der Waals surface area contributed by atoms with E-state index in [0.29, 0.717) is 23.8 Å². The first kappa shape index (κ1) is 12.7. The second-order valence-electron chi connectivity index (χ2n) is 4.97. The van der Waals surface area contributed by atoms with Crippen molar-refractivity contribution < 1.29 is 4.79 Å². The van der Waals surface area contributed by atoms with Gasteiger partial charge in [0.2, 0.25) is 5.91 Å². The van der Waals surface area contributed by atoms with Crippen LogP contribution < -0.4 is 11.1 Å². The topological polar surface area (TPSA) is 98.7 Å². The molecule has 1 aliphatic rings. The van der Waals surface area contributed by atoms with Gasteiger partial charge in [-0.25, -0.2) is 14.6 Å². The van der Waals surface area contributed by atoms with Gasteiger partial charge < -0.3 is 11.1 Å². The minimum absolute atomic E-state index is 0.0542. The number of nitrogens with one attached hydrogen (secondary N) is 1. The third-order valence-corrected chi connectivity index (χ3v) is 3.35. The highest BCUT2D eigenvalue weighted by Crippen LogP contribution is 2.32. The smallest absolute Gasteiger partial charge is 0.226 e. The molecule has 7 nitrogen and oxygen atoms in total. The average Bonchev–Trinajstić information content (AvgIpc) is 3.15. The summed E-state index contributed by atoms with van der Waals surface area (Å²) in [6.07, 6.45) is 7.19. The molecule has 0 saturated heterocycles. The van der Waals surface area contributed by atoms with Crippen LogP contribution in [-0.4, -0.2) is 31.7 Å². The fraction of sp³-hybridized carbons (Fsp3) is 0.385. The van der Waals surface area contributed by atoms with E-state index >= 15 is 0 Å². The van der Waals surface area contributed by atoms with Gasteiger partial charge in [-0.05, 0) is 30.9 Å². The van der Waals surface area contributed by atoms with E-state index in [4.69, 9.17) is 5.73 Å². The third-order valence-electron chi connectivity index (χ3n) is 3.35. The lowest BCUT2D eigenvalue weighted by molar-refractivity contribution is -0.116. The summed E-state index contributed by atoms with van der Waals surface area (Å²) in [5, 5.41) is 6.86. The molecule has 3 rings (SSSR count). The maximum atomic E-state index is 12.0. The highest BCUT2D eigenvalue weighted by molar-refractivity contribution is 5.92. The molecule has 7 heteroatoms. The normalized spacial score (nSPS) is 15.8. The highest BCUT2D eigenvalue weighted by Gasteiger charge is 2.29. The van der Waals surface area contributed by atoms with Crippen LogP contribution in [0.15, 0.2) is 31.0 Å². The van der Waals surface area contributed by atoms with Crippen molar-refractivity contribution >= 4 is 11.6 Å².